The molecule has 6 nitrogen and oxygen atoms in total. The first-order valence-electron chi connectivity index (χ1n) is 7.33. The highest BCUT2D eigenvalue weighted by molar-refractivity contribution is 7.91. The SMILES string of the molecule is CS(=O)(=O)N1CCCC(CC(=O)CC2CCS(=O)(=O)C2)C1. The summed E-state index contributed by atoms with van der Waals surface area (Å²) in [6, 6.07) is 0. The average Bonchev–Trinajstić information content (AvgIpc) is 2.67. The van der Waals surface area contributed by atoms with Crippen LogP contribution in [-0.2, 0) is 24.7 Å². The number of piperidine rings is 1. The molecule has 0 spiro atoms. The van der Waals surface area contributed by atoms with E-state index in [9.17, 15) is 21.6 Å². The van der Waals surface area contributed by atoms with Gasteiger partial charge in [0.2, 0.25) is 10.0 Å². The highest BCUT2D eigenvalue weighted by atomic mass is 32.2. The summed E-state index contributed by atoms with van der Waals surface area (Å²) in [7, 11) is -6.13. The molecule has 2 fully saturated rings. The Hall–Kier alpha value is -0.470. The fraction of sp³-hybridized carbons (Fsp3) is 0.923. The van der Waals surface area contributed by atoms with Crippen molar-refractivity contribution in [3.63, 3.8) is 0 Å². The molecule has 2 saturated heterocycles. The van der Waals surface area contributed by atoms with Crippen molar-refractivity contribution < 1.29 is 21.6 Å². The van der Waals surface area contributed by atoms with Gasteiger partial charge in [-0.1, -0.05) is 0 Å². The summed E-state index contributed by atoms with van der Waals surface area (Å²) >= 11 is 0. The zero-order chi connectivity index (χ0) is 15.7. The highest BCUT2D eigenvalue weighted by Crippen LogP contribution is 2.26. The number of rotatable bonds is 5. The Morgan fingerprint density at radius 3 is 2.43 bits per heavy atom. The molecule has 2 aliphatic heterocycles. The summed E-state index contributed by atoms with van der Waals surface area (Å²) in [6.07, 6.45) is 4.09. The maximum absolute atomic E-state index is 12.1. The van der Waals surface area contributed by atoms with Crippen molar-refractivity contribution in [3.05, 3.63) is 0 Å². The van der Waals surface area contributed by atoms with Crippen molar-refractivity contribution in [2.24, 2.45) is 11.8 Å². The van der Waals surface area contributed by atoms with E-state index in [0.717, 1.165) is 12.8 Å². The lowest BCUT2D eigenvalue weighted by Gasteiger charge is -2.30. The molecule has 0 aliphatic carbocycles. The first-order valence-corrected chi connectivity index (χ1v) is 11.0. The number of sulfonamides is 1. The summed E-state index contributed by atoms with van der Waals surface area (Å²) in [5.74, 6) is 0.406. The number of ketones is 1. The van der Waals surface area contributed by atoms with E-state index < -0.39 is 19.9 Å². The van der Waals surface area contributed by atoms with Gasteiger partial charge >= 0.3 is 0 Å². The van der Waals surface area contributed by atoms with E-state index in [1.807, 2.05) is 0 Å². The van der Waals surface area contributed by atoms with Gasteiger partial charge in [0.15, 0.2) is 9.84 Å². The van der Waals surface area contributed by atoms with E-state index in [0.29, 0.717) is 32.4 Å². The van der Waals surface area contributed by atoms with Crippen molar-refractivity contribution in [1.29, 1.82) is 0 Å². The molecule has 21 heavy (non-hydrogen) atoms. The zero-order valence-electron chi connectivity index (χ0n) is 12.3. The van der Waals surface area contributed by atoms with Crippen LogP contribution in [0.5, 0.6) is 0 Å². The maximum atomic E-state index is 12.1. The van der Waals surface area contributed by atoms with E-state index in [2.05, 4.69) is 0 Å². The molecule has 0 N–H and O–H groups in total. The standard InChI is InChI=1S/C13H23NO5S2/c1-20(16,17)14-5-2-3-11(9-14)7-13(15)8-12-4-6-21(18,19)10-12/h11-12H,2-10H2,1H3. The lowest BCUT2D eigenvalue weighted by molar-refractivity contribution is -0.121. The molecule has 2 aliphatic rings. The quantitative estimate of drug-likeness (QED) is 0.726. The van der Waals surface area contributed by atoms with Crippen LogP contribution in [0.25, 0.3) is 0 Å². The van der Waals surface area contributed by atoms with Gasteiger partial charge in [-0.15, -0.1) is 0 Å². The van der Waals surface area contributed by atoms with Gasteiger partial charge in [0.05, 0.1) is 17.8 Å². The molecular weight excluding hydrogens is 314 g/mol. The van der Waals surface area contributed by atoms with Gasteiger partial charge in [0.25, 0.3) is 0 Å². The molecule has 2 atom stereocenters. The van der Waals surface area contributed by atoms with Crippen LogP contribution in [-0.4, -0.2) is 57.8 Å². The summed E-state index contributed by atoms with van der Waals surface area (Å²) in [4.78, 5) is 12.1. The molecule has 8 heteroatoms. The third-order valence-electron chi connectivity index (χ3n) is 4.31. The summed E-state index contributed by atoms with van der Waals surface area (Å²) in [5, 5.41) is 0. The smallest absolute Gasteiger partial charge is 0.211 e. The zero-order valence-corrected chi connectivity index (χ0v) is 14.0. The number of hydrogen-bond acceptors (Lipinski definition) is 5. The minimum absolute atomic E-state index is 0.0444. The normalized spacial score (nSPS) is 30.3. The molecule has 2 rings (SSSR count). The van der Waals surface area contributed by atoms with E-state index in [4.69, 9.17) is 0 Å². The summed E-state index contributed by atoms with van der Waals surface area (Å²) in [6.45, 7) is 0.942. The Bertz CT molecular complexity index is 596. The van der Waals surface area contributed by atoms with Gasteiger partial charge < -0.3 is 0 Å². The molecule has 0 amide bonds. The molecule has 122 valence electrons. The highest BCUT2D eigenvalue weighted by Gasteiger charge is 2.31. The largest absolute Gasteiger partial charge is 0.300 e. The predicted molar refractivity (Wildman–Crippen MR) is 80.1 cm³/mol. The number of carbonyl (C=O) groups excluding carboxylic acids is 1. The Labute approximate surface area is 126 Å². The molecule has 0 aromatic carbocycles. The van der Waals surface area contributed by atoms with Crippen LogP contribution in [0.15, 0.2) is 0 Å². The monoisotopic (exact) mass is 337 g/mol. The van der Waals surface area contributed by atoms with Crippen LogP contribution >= 0.6 is 0 Å². The van der Waals surface area contributed by atoms with Crippen LogP contribution in [0.1, 0.15) is 32.1 Å². The summed E-state index contributed by atoms with van der Waals surface area (Å²) < 4.78 is 47.3. The van der Waals surface area contributed by atoms with Gasteiger partial charge in [-0.25, -0.2) is 21.1 Å². The van der Waals surface area contributed by atoms with Gasteiger partial charge in [-0.3, -0.25) is 4.79 Å². The van der Waals surface area contributed by atoms with E-state index >= 15 is 0 Å². The number of sulfone groups is 1. The Kier molecular flexibility index (Phi) is 5.10. The lowest BCUT2D eigenvalue weighted by Crippen LogP contribution is -2.39. The molecule has 0 aromatic rings. The van der Waals surface area contributed by atoms with Crippen molar-refractivity contribution in [1.82, 2.24) is 4.31 Å². The number of nitrogens with zero attached hydrogens (tertiary/aromatic N) is 1. The average molecular weight is 337 g/mol. The van der Waals surface area contributed by atoms with Gasteiger partial charge in [-0.2, -0.15) is 0 Å². The van der Waals surface area contributed by atoms with Gasteiger partial charge in [-0.05, 0) is 31.1 Å². The van der Waals surface area contributed by atoms with Crippen molar-refractivity contribution in [2.75, 3.05) is 30.9 Å². The molecule has 0 aromatic heterocycles. The van der Waals surface area contributed by atoms with Crippen molar-refractivity contribution in [2.45, 2.75) is 32.1 Å². The lowest BCUT2D eigenvalue weighted by atomic mass is 9.90. The first-order chi connectivity index (χ1) is 9.66. The number of carbonyl (C=O) groups is 1. The Morgan fingerprint density at radius 2 is 1.86 bits per heavy atom. The van der Waals surface area contributed by atoms with Gasteiger partial charge in [0.1, 0.15) is 5.78 Å². The Morgan fingerprint density at radius 1 is 1.19 bits per heavy atom. The topological polar surface area (TPSA) is 88.6 Å². The fourth-order valence-corrected chi connectivity index (χ4v) is 6.06. The molecule has 2 unspecified atom stereocenters. The van der Waals surface area contributed by atoms with Crippen LogP contribution in [0.3, 0.4) is 0 Å². The minimum atomic E-state index is -3.19. The number of hydrogen-bond donors (Lipinski definition) is 0. The van der Waals surface area contributed by atoms with E-state index in [1.165, 1.54) is 10.6 Å². The fourth-order valence-electron chi connectivity index (χ4n) is 3.25. The molecule has 2 heterocycles. The summed E-state index contributed by atoms with van der Waals surface area (Å²) in [5.41, 5.74) is 0. The minimum Gasteiger partial charge on any atom is -0.300 e. The number of Topliss-reactive ketones (excluding diaryl/α,β-unsaturated/α-hetero) is 1. The predicted octanol–water partition coefficient (Wildman–Crippen LogP) is 0.442. The molecule has 0 radical (unpaired) electrons. The molecule has 0 bridgehead atoms. The van der Waals surface area contributed by atoms with Crippen molar-refractivity contribution in [3.8, 4) is 0 Å². The first kappa shape index (κ1) is 16.9. The van der Waals surface area contributed by atoms with Gasteiger partial charge in [0, 0.05) is 25.9 Å². The van der Waals surface area contributed by atoms with E-state index in [1.54, 1.807) is 0 Å². The maximum Gasteiger partial charge on any atom is 0.211 e. The Balaban J connectivity index is 1.83. The second-order valence-corrected chi connectivity index (χ2v) is 10.6. The van der Waals surface area contributed by atoms with E-state index in [-0.39, 0.29) is 29.1 Å². The van der Waals surface area contributed by atoms with Crippen LogP contribution in [0, 0.1) is 11.8 Å². The second-order valence-electron chi connectivity index (χ2n) is 6.35. The molecule has 0 saturated carbocycles. The third-order valence-corrected chi connectivity index (χ3v) is 7.42. The van der Waals surface area contributed by atoms with Crippen molar-refractivity contribution >= 4 is 25.6 Å². The van der Waals surface area contributed by atoms with Crippen LogP contribution in [0.4, 0.5) is 0 Å². The van der Waals surface area contributed by atoms with Crippen LogP contribution in [0.2, 0.25) is 0 Å². The molecular formula is C13H23NO5S2. The van der Waals surface area contributed by atoms with Crippen LogP contribution < -0.4 is 0 Å². The second kappa shape index (κ2) is 6.34. The third kappa shape index (κ3) is 5.03.